The van der Waals surface area contributed by atoms with Crippen molar-refractivity contribution in [3.05, 3.63) is 0 Å². The Morgan fingerprint density at radius 1 is 1.50 bits per heavy atom. The summed E-state index contributed by atoms with van der Waals surface area (Å²) in [7, 11) is -1.78. The van der Waals surface area contributed by atoms with Crippen molar-refractivity contribution in [2.45, 2.75) is 13.3 Å². The lowest BCUT2D eigenvalue weighted by atomic mass is 10.5. The minimum atomic E-state index is -3.25. The molecule has 0 aromatic carbocycles. The second kappa shape index (κ2) is 6.76. The molecular weight excluding hydrogens is 204 g/mol. The van der Waals surface area contributed by atoms with Crippen LogP contribution in [0.2, 0.25) is 0 Å². The van der Waals surface area contributed by atoms with Crippen molar-refractivity contribution in [1.29, 1.82) is 5.26 Å². The Morgan fingerprint density at radius 2 is 2.14 bits per heavy atom. The van der Waals surface area contributed by atoms with E-state index >= 15 is 0 Å². The molecule has 0 atom stereocenters. The van der Waals surface area contributed by atoms with Crippen LogP contribution in [0.1, 0.15) is 13.3 Å². The van der Waals surface area contributed by atoms with E-state index in [-0.39, 0.29) is 25.3 Å². The van der Waals surface area contributed by atoms with Crippen molar-refractivity contribution in [3.63, 3.8) is 0 Å². The van der Waals surface area contributed by atoms with Crippen LogP contribution in [0.4, 0.5) is 0 Å². The summed E-state index contributed by atoms with van der Waals surface area (Å²) in [5.41, 5.74) is 0. The largest absolute Gasteiger partial charge is 0.381 e. The van der Waals surface area contributed by atoms with Gasteiger partial charge >= 0.3 is 0 Å². The first-order valence-corrected chi connectivity index (χ1v) is 6.04. The lowest BCUT2D eigenvalue weighted by molar-refractivity contribution is 0.162. The average molecular weight is 220 g/mol. The van der Waals surface area contributed by atoms with Crippen LogP contribution in [0.15, 0.2) is 0 Å². The SMILES string of the molecule is CCOCCS(=O)(=O)N(C)CCC#N. The lowest BCUT2D eigenvalue weighted by Crippen LogP contribution is -2.31. The van der Waals surface area contributed by atoms with Crippen molar-refractivity contribution < 1.29 is 13.2 Å². The molecule has 0 aliphatic rings. The maximum Gasteiger partial charge on any atom is 0.216 e. The molecule has 0 N–H and O–H groups in total. The molecule has 0 amide bonds. The molecule has 0 aromatic rings. The van der Waals surface area contributed by atoms with E-state index in [1.54, 1.807) is 0 Å². The molecule has 5 nitrogen and oxygen atoms in total. The Morgan fingerprint density at radius 3 is 2.64 bits per heavy atom. The molecule has 6 heteroatoms. The van der Waals surface area contributed by atoms with Crippen molar-refractivity contribution in [3.8, 4) is 6.07 Å². The number of sulfonamides is 1. The highest BCUT2D eigenvalue weighted by molar-refractivity contribution is 7.89. The molecule has 0 heterocycles. The summed E-state index contributed by atoms with van der Waals surface area (Å²) in [5.74, 6) is -0.0250. The summed E-state index contributed by atoms with van der Waals surface area (Å²) in [4.78, 5) is 0. The highest BCUT2D eigenvalue weighted by Gasteiger charge is 2.16. The first-order valence-electron chi connectivity index (χ1n) is 4.43. The van der Waals surface area contributed by atoms with Gasteiger partial charge in [-0.05, 0) is 6.92 Å². The average Bonchev–Trinajstić information content (AvgIpc) is 2.14. The Balaban J connectivity index is 3.98. The molecule has 14 heavy (non-hydrogen) atoms. The van der Waals surface area contributed by atoms with Gasteiger partial charge < -0.3 is 4.74 Å². The molecule has 0 radical (unpaired) electrons. The second-order valence-corrected chi connectivity index (χ2v) is 4.94. The predicted octanol–water partition coefficient (Wildman–Crippen LogP) is 0.198. The molecule has 0 aliphatic heterocycles. The standard InChI is InChI=1S/C8H16N2O3S/c1-3-13-7-8-14(11,12)10(2)6-4-5-9/h3-4,6-8H2,1-2H3. The fourth-order valence-corrected chi connectivity index (χ4v) is 1.82. The summed E-state index contributed by atoms with van der Waals surface area (Å²) >= 11 is 0. The molecule has 0 bridgehead atoms. The van der Waals surface area contributed by atoms with Crippen molar-refractivity contribution >= 4 is 10.0 Å². The third kappa shape index (κ3) is 5.17. The quantitative estimate of drug-likeness (QED) is 0.575. The topological polar surface area (TPSA) is 70.4 Å². The molecule has 0 rings (SSSR count). The first kappa shape index (κ1) is 13.4. The summed E-state index contributed by atoms with van der Waals surface area (Å²) in [6.07, 6.45) is 0.213. The van der Waals surface area contributed by atoms with E-state index < -0.39 is 10.0 Å². The Kier molecular flexibility index (Phi) is 6.45. The molecule has 0 aliphatic carbocycles. The Bertz CT molecular complexity index is 281. The van der Waals surface area contributed by atoms with Crippen molar-refractivity contribution in [2.75, 3.05) is 32.6 Å². The van der Waals surface area contributed by atoms with Crippen LogP contribution in [-0.2, 0) is 14.8 Å². The van der Waals surface area contributed by atoms with E-state index in [2.05, 4.69) is 0 Å². The third-order valence-corrected chi connectivity index (χ3v) is 3.52. The molecule has 0 unspecified atom stereocenters. The number of nitriles is 1. The molecule has 0 spiro atoms. The fourth-order valence-electron chi connectivity index (χ4n) is 0.811. The predicted molar refractivity (Wildman–Crippen MR) is 53.1 cm³/mol. The first-order chi connectivity index (χ1) is 6.54. The zero-order chi connectivity index (χ0) is 11.0. The highest BCUT2D eigenvalue weighted by Crippen LogP contribution is 1.99. The van der Waals surface area contributed by atoms with Gasteiger partial charge in [-0.2, -0.15) is 5.26 Å². The number of hydrogen-bond donors (Lipinski definition) is 0. The van der Waals surface area contributed by atoms with E-state index in [4.69, 9.17) is 10.00 Å². The van der Waals surface area contributed by atoms with E-state index in [0.29, 0.717) is 6.61 Å². The number of nitrogens with zero attached hydrogens (tertiary/aromatic N) is 2. The maximum atomic E-state index is 11.4. The molecule has 0 saturated carbocycles. The zero-order valence-electron chi connectivity index (χ0n) is 8.56. The van der Waals surface area contributed by atoms with Crippen molar-refractivity contribution in [2.24, 2.45) is 0 Å². The minimum absolute atomic E-state index is 0.0250. The van der Waals surface area contributed by atoms with Gasteiger partial charge in [0.25, 0.3) is 0 Å². The lowest BCUT2D eigenvalue weighted by Gasteiger charge is -2.15. The monoisotopic (exact) mass is 220 g/mol. The molecule has 0 saturated heterocycles. The van der Waals surface area contributed by atoms with Crippen LogP contribution in [0.3, 0.4) is 0 Å². The summed E-state index contributed by atoms with van der Waals surface area (Å²) < 4.78 is 29.0. The van der Waals surface area contributed by atoms with Crippen LogP contribution in [0.25, 0.3) is 0 Å². The van der Waals surface area contributed by atoms with Crippen LogP contribution in [0, 0.1) is 11.3 Å². The minimum Gasteiger partial charge on any atom is -0.381 e. The van der Waals surface area contributed by atoms with Crippen molar-refractivity contribution in [1.82, 2.24) is 4.31 Å². The van der Waals surface area contributed by atoms with Gasteiger partial charge in [-0.1, -0.05) is 0 Å². The zero-order valence-corrected chi connectivity index (χ0v) is 9.38. The van der Waals surface area contributed by atoms with Crippen LogP contribution in [-0.4, -0.2) is 45.3 Å². The van der Waals surface area contributed by atoms with E-state index in [9.17, 15) is 8.42 Å². The van der Waals surface area contributed by atoms with Gasteiger partial charge in [0.05, 0.1) is 18.4 Å². The number of hydrogen-bond acceptors (Lipinski definition) is 4. The molecule has 0 aromatic heterocycles. The van der Waals surface area contributed by atoms with Crippen LogP contribution >= 0.6 is 0 Å². The fraction of sp³-hybridized carbons (Fsp3) is 0.875. The summed E-state index contributed by atoms with van der Waals surface area (Å²) in [6.45, 7) is 2.77. The van der Waals surface area contributed by atoms with Gasteiger partial charge in [0.2, 0.25) is 10.0 Å². The van der Waals surface area contributed by atoms with Gasteiger partial charge in [-0.3, -0.25) is 0 Å². The third-order valence-electron chi connectivity index (χ3n) is 1.70. The van der Waals surface area contributed by atoms with Crippen LogP contribution < -0.4 is 0 Å². The molecular formula is C8H16N2O3S. The van der Waals surface area contributed by atoms with Gasteiger partial charge in [0.15, 0.2) is 0 Å². The van der Waals surface area contributed by atoms with E-state index in [1.165, 1.54) is 11.4 Å². The number of ether oxygens (including phenoxy) is 1. The normalized spacial score (nSPS) is 11.6. The Hall–Kier alpha value is -0.640. The smallest absolute Gasteiger partial charge is 0.216 e. The summed E-state index contributed by atoms with van der Waals surface area (Å²) in [5, 5.41) is 8.30. The van der Waals surface area contributed by atoms with Gasteiger partial charge in [-0.15, -0.1) is 0 Å². The summed E-state index contributed by atoms with van der Waals surface area (Å²) in [6, 6.07) is 1.90. The van der Waals surface area contributed by atoms with Gasteiger partial charge in [-0.25, -0.2) is 12.7 Å². The maximum absolute atomic E-state index is 11.4. The highest BCUT2D eigenvalue weighted by atomic mass is 32.2. The molecule has 0 fully saturated rings. The van der Waals surface area contributed by atoms with Gasteiger partial charge in [0, 0.05) is 26.6 Å². The Labute approximate surface area is 85.3 Å². The second-order valence-electron chi connectivity index (χ2n) is 2.74. The van der Waals surface area contributed by atoms with Gasteiger partial charge in [0.1, 0.15) is 0 Å². The number of rotatable bonds is 7. The van der Waals surface area contributed by atoms with Crippen LogP contribution in [0.5, 0.6) is 0 Å². The van der Waals surface area contributed by atoms with E-state index in [1.807, 2.05) is 13.0 Å². The van der Waals surface area contributed by atoms with E-state index in [0.717, 1.165) is 0 Å². The molecule has 82 valence electrons.